The Hall–Kier alpha value is -3.35. The predicted molar refractivity (Wildman–Crippen MR) is 129 cm³/mol. The van der Waals surface area contributed by atoms with Gasteiger partial charge in [-0.05, 0) is 63.8 Å². The molecule has 0 heterocycles. The van der Waals surface area contributed by atoms with Gasteiger partial charge in [0.25, 0.3) is 0 Å². The van der Waals surface area contributed by atoms with Crippen molar-refractivity contribution in [2.45, 2.75) is 72.1 Å². The van der Waals surface area contributed by atoms with E-state index in [2.05, 4.69) is 10.6 Å². The van der Waals surface area contributed by atoms with E-state index in [9.17, 15) is 14.4 Å². The molecule has 2 aromatic rings. The Balaban J connectivity index is 2.27. The minimum Gasteiger partial charge on any atom is -0.444 e. The maximum absolute atomic E-state index is 13.3. The fourth-order valence-electron chi connectivity index (χ4n) is 3.74. The summed E-state index contributed by atoms with van der Waals surface area (Å²) in [6, 6.07) is 11.5. The van der Waals surface area contributed by atoms with Crippen LogP contribution in [-0.2, 0) is 27.2 Å². The second-order valence-corrected chi connectivity index (χ2v) is 9.43. The van der Waals surface area contributed by atoms with Crippen LogP contribution in [0.4, 0.5) is 4.79 Å². The largest absolute Gasteiger partial charge is 0.444 e. The monoisotopic (exact) mass is 453 g/mol. The van der Waals surface area contributed by atoms with Crippen molar-refractivity contribution in [3.63, 3.8) is 0 Å². The number of nitrogens with one attached hydrogen (secondary N) is 2. The number of hydrogen-bond acceptors (Lipinski definition) is 4. The van der Waals surface area contributed by atoms with Crippen LogP contribution >= 0.6 is 0 Å². The first-order valence-corrected chi connectivity index (χ1v) is 11.1. The van der Waals surface area contributed by atoms with Gasteiger partial charge in [0.05, 0.1) is 0 Å². The van der Waals surface area contributed by atoms with E-state index in [1.165, 1.54) is 0 Å². The van der Waals surface area contributed by atoms with E-state index in [0.717, 1.165) is 27.8 Å². The lowest BCUT2D eigenvalue weighted by Crippen LogP contribution is -2.55. The van der Waals surface area contributed by atoms with Crippen LogP contribution in [0.3, 0.4) is 0 Å². The van der Waals surface area contributed by atoms with Crippen LogP contribution in [0, 0.1) is 20.8 Å². The number of ether oxygens (including phenoxy) is 1. The molecule has 0 saturated heterocycles. The molecule has 0 fully saturated rings. The van der Waals surface area contributed by atoms with Crippen molar-refractivity contribution in [3.8, 4) is 0 Å². The smallest absolute Gasteiger partial charge is 0.408 e. The normalized spacial score (nSPS) is 13.0. The Morgan fingerprint density at radius 2 is 1.48 bits per heavy atom. The lowest BCUT2D eigenvalue weighted by atomic mass is 9.94. The summed E-state index contributed by atoms with van der Waals surface area (Å²) in [7, 11) is 0. The number of alkyl carbamates (subject to hydrolysis) is 1. The van der Waals surface area contributed by atoms with E-state index >= 15 is 0 Å². The van der Waals surface area contributed by atoms with Crippen LogP contribution < -0.4 is 16.4 Å². The number of hydrogen-bond donors (Lipinski definition) is 3. The summed E-state index contributed by atoms with van der Waals surface area (Å²) in [6.07, 6.45) is -0.201. The predicted octanol–water partition coefficient (Wildman–Crippen LogP) is 3.26. The molecular weight excluding hydrogens is 418 g/mol. The van der Waals surface area contributed by atoms with Crippen molar-refractivity contribution in [1.29, 1.82) is 0 Å². The van der Waals surface area contributed by atoms with Crippen LogP contribution in [0.15, 0.2) is 42.5 Å². The molecule has 2 atom stereocenters. The topological polar surface area (TPSA) is 111 Å². The van der Waals surface area contributed by atoms with E-state index in [1.807, 2.05) is 63.2 Å². The van der Waals surface area contributed by atoms with E-state index in [1.54, 1.807) is 20.8 Å². The van der Waals surface area contributed by atoms with E-state index < -0.39 is 35.6 Å². The van der Waals surface area contributed by atoms with Gasteiger partial charge in [-0.3, -0.25) is 9.59 Å². The molecule has 0 aromatic heterocycles. The zero-order valence-electron chi connectivity index (χ0n) is 20.3. The lowest BCUT2D eigenvalue weighted by Gasteiger charge is -2.26. The van der Waals surface area contributed by atoms with Gasteiger partial charge in [-0.1, -0.05) is 48.0 Å². The standard InChI is InChI=1S/C26H35N3O4/c1-16-12-17(2)20(18(3)13-16)15-22(29-25(32)33-26(4,5)6)24(31)28-21(23(27)30)14-19-10-8-7-9-11-19/h7-13,21-22H,14-15H2,1-6H3,(H2,27,30)(H,28,31)(H,29,32)/t21-,22-/m0/s1. The molecule has 0 radical (unpaired) electrons. The molecule has 33 heavy (non-hydrogen) atoms. The number of carbonyl (C=O) groups is 3. The van der Waals surface area contributed by atoms with Crippen LogP contribution in [0.2, 0.25) is 0 Å². The highest BCUT2D eigenvalue weighted by Gasteiger charge is 2.29. The molecule has 0 aliphatic rings. The molecule has 0 saturated carbocycles. The Bertz CT molecular complexity index is 973. The van der Waals surface area contributed by atoms with Crippen molar-refractivity contribution in [3.05, 3.63) is 70.3 Å². The minimum atomic E-state index is -0.947. The number of rotatable bonds is 8. The Kier molecular flexibility index (Phi) is 8.63. The summed E-state index contributed by atoms with van der Waals surface area (Å²) in [6.45, 7) is 11.2. The second-order valence-electron chi connectivity index (χ2n) is 9.43. The Labute approximate surface area is 196 Å². The molecule has 0 spiro atoms. The minimum absolute atomic E-state index is 0.250. The number of benzene rings is 2. The molecule has 2 aromatic carbocycles. The summed E-state index contributed by atoms with van der Waals surface area (Å²) in [5.41, 5.74) is 9.83. The van der Waals surface area contributed by atoms with Crippen LogP contribution in [0.25, 0.3) is 0 Å². The first kappa shape index (κ1) is 25.9. The molecular formula is C26H35N3O4. The fraction of sp³-hybridized carbons (Fsp3) is 0.423. The van der Waals surface area contributed by atoms with Crippen LogP contribution in [-0.4, -0.2) is 35.6 Å². The molecule has 2 rings (SSSR count). The van der Waals surface area contributed by atoms with Gasteiger partial charge in [0.15, 0.2) is 0 Å². The van der Waals surface area contributed by atoms with Crippen LogP contribution in [0.5, 0.6) is 0 Å². The molecule has 7 heteroatoms. The SMILES string of the molecule is Cc1cc(C)c(C[C@H](NC(=O)OC(C)(C)C)C(=O)N[C@@H](Cc2ccccc2)C(N)=O)c(C)c1. The summed E-state index contributed by atoms with van der Waals surface area (Å²) in [5, 5.41) is 5.39. The highest BCUT2D eigenvalue weighted by Crippen LogP contribution is 2.19. The molecule has 0 unspecified atom stereocenters. The third-order valence-electron chi connectivity index (χ3n) is 5.20. The number of carbonyl (C=O) groups excluding carboxylic acids is 3. The molecule has 0 bridgehead atoms. The third kappa shape index (κ3) is 8.25. The molecule has 3 amide bonds. The van der Waals surface area contributed by atoms with Crippen molar-refractivity contribution in [2.24, 2.45) is 5.73 Å². The van der Waals surface area contributed by atoms with Gasteiger partial charge < -0.3 is 21.1 Å². The summed E-state index contributed by atoms with van der Waals surface area (Å²) in [4.78, 5) is 37.8. The van der Waals surface area contributed by atoms with Gasteiger partial charge in [0.1, 0.15) is 17.7 Å². The highest BCUT2D eigenvalue weighted by molar-refractivity contribution is 5.91. The molecule has 0 aliphatic heterocycles. The van der Waals surface area contributed by atoms with Gasteiger partial charge in [-0.15, -0.1) is 0 Å². The van der Waals surface area contributed by atoms with E-state index in [4.69, 9.17) is 10.5 Å². The molecule has 7 nitrogen and oxygen atoms in total. The third-order valence-corrected chi connectivity index (χ3v) is 5.20. The summed E-state index contributed by atoms with van der Waals surface area (Å²) in [5.74, 6) is -1.15. The molecule has 0 aliphatic carbocycles. The second kappa shape index (κ2) is 11.0. The van der Waals surface area contributed by atoms with Crippen LogP contribution in [0.1, 0.15) is 48.6 Å². The number of aryl methyl sites for hydroxylation is 3. The average molecular weight is 454 g/mol. The Morgan fingerprint density at radius 1 is 0.909 bits per heavy atom. The quantitative estimate of drug-likeness (QED) is 0.570. The van der Waals surface area contributed by atoms with E-state index in [-0.39, 0.29) is 12.8 Å². The zero-order chi connectivity index (χ0) is 24.8. The van der Waals surface area contributed by atoms with Gasteiger partial charge in [0, 0.05) is 12.8 Å². The lowest BCUT2D eigenvalue weighted by molar-refractivity contribution is -0.128. The van der Waals surface area contributed by atoms with Gasteiger partial charge >= 0.3 is 6.09 Å². The van der Waals surface area contributed by atoms with Gasteiger partial charge in [-0.2, -0.15) is 0 Å². The zero-order valence-corrected chi connectivity index (χ0v) is 20.3. The van der Waals surface area contributed by atoms with E-state index in [0.29, 0.717) is 0 Å². The number of amides is 3. The van der Waals surface area contributed by atoms with Crippen molar-refractivity contribution >= 4 is 17.9 Å². The number of nitrogens with two attached hydrogens (primary N) is 1. The summed E-state index contributed by atoms with van der Waals surface area (Å²) < 4.78 is 5.36. The van der Waals surface area contributed by atoms with Gasteiger partial charge in [0.2, 0.25) is 11.8 Å². The van der Waals surface area contributed by atoms with Crippen molar-refractivity contribution in [2.75, 3.05) is 0 Å². The first-order chi connectivity index (χ1) is 15.4. The summed E-state index contributed by atoms with van der Waals surface area (Å²) >= 11 is 0. The Morgan fingerprint density at radius 3 is 2.00 bits per heavy atom. The maximum atomic E-state index is 13.3. The van der Waals surface area contributed by atoms with Gasteiger partial charge in [-0.25, -0.2) is 4.79 Å². The maximum Gasteiger partial charge on any atom is 0.408 e. The molecule has 4 N–H and O–H groups in total. The van der Waals surface area contributed by atoms with Crippen molar-refractivity contribution < 1.29 is 19.1 Å². The fourth-order valence-corrected chi connectivity index (χ4v) is 3.74. The first-order valence-electron chi connectivity index (χ1n) is 11.1. The molecule has 178 valence electrons. The average Bonchev–Trinajstić information content (AvgIpc) is 2.68. The van der Waals surface area contributed by atoms with Crippen molar-refractivity contribution in [1.82, 2.24) is 10.6 Å². The highest BCUT2D eigenvalue weighted by atomic mass is 16.6. The number of primary amides is 1.